The van der Waals surface area contributed by atoms with Gasteiger partial charge in [0.2, 0.25) is 5.91 Å². The lowest BCUT2D eigenvalue weighted by Crippen LogP contribution is -2.41. The van der Waals surface area contributed by atoms with Crippen molar-refractivity contribution in [2.45, 2.75) is 63.8 Å². The van der Waals surface area contributed by atoms with Crippen LogP contribution in [0.4, 0.5) is 0 Å². The van der Waals surface area contributed by atoms with E-state index in [9.17, 15) is 4.79 Å². The quantitative estimate of drug-likeness (QED) is 0.554. The summed E-state index contributed by atoms with van der Waals surface area (Å²) in [6.45, 7) is 5.19. The molecule has 1 amide bonds. The van der Waals surface area contributed by atoms with E-state index in [1.165, 1.54) is 55.8 Å². The van der Waals surface area contributed by atoms with Crippen LogP contribution < -0.4 is 10.6 Å². The molecule has 4 heteroatoms. The van der Waals surface area contributed by atoms with Crippen LogP contribution in [0.1, 0.15) is 56.9 Å². The minimum absolute atomic E-state index is 0.275. The Balaban J connectivity index is 1.10. The number of rotatable bonds is 10. The van der Waals surface area contributed by atoms with Gasteiger partial charge in [0.05, 0.1) is 6.42 Å². The molecule has 0 aromatic heterocycles. The summed E-state index contributed by atoms with van der Waals surface area (Å²) in [6.07, 6.45) is 10.9. The van der Waals surface area contributed by atoms with Crippen molar-refractivity contribution in [3.8, 4) is 0 Å². The molecule has 1 aliphatic heterocycles. The van der Waals surface area contributed by atoms with Crippen molar-refractivity contribution in [2.75, 3.05) is 32.7 Å². The number of hydrogen-bond acceptors (Lipinski definition) is 3. The number of nitrogens with zero attached hydrogens (tertiary/aromatic N) is 1. The second-order valence-corrected chi connectivity index (χ2v) is 9.49. The van der Waals surface area contributed by atoms with Crippen molar-refractivity contribution in [2.24, 2.45) is 5.92 Å². The van der Waals surface area contributed by atoms with E-state index in [4.69, 9.17) is 0 Å². The average Bonchev–Trinajstić information content (AvgIpc) is 3.33. The second-order valence-electron chi connectivity index (χ2n) is 9.49. The summed E-state index contributed by atoms with van der Waals surface area (Å²) in [5, 5.41) is 9.77. The van der Waals surface area contributed by atoms with Crippen molar-refractivity contribution < 1.29 is 4.79 Å². The van der Waals surface area contributed by atoms with E-state index in [0.717, 1.165) is 50.6 Å². The molecule has 2 aromatic rings. The molecule has 168 valence electrons. The molecule has 1 aliphatic carbocycles. The summed E-state index contributed by atoms with van der Waals surface area (Å²) in [6, 6.07) is 15.4. The molecular formula is C27H39N3O. The number of unbranched alkanes of at least 4 members (excludes halogenated alkanes) is 1. The molecular weight excluding hydrogens is 382 g/mol. The Bertz CT molecular complexity index is 817. The summed E-state index contributed by atoms with van der Waals surface area (Å²) in [7, 11) is 0. The second kappa shape index (κ2) is 11.6. The number of hydrogen-bond donors (Lipinski definition) is 2. The predicted molar refractivity (Wildman–Crippen MR) is 129 cm³/mol. The van der Waals surface area contributed by atoms with Gasteiger partial charge >= 0.3 is 0 Å². The fraction of sp³-hybridized carbons (Fsp3) is 0.593. The first-order valence-electron chi connectivity index (χ1n) is 12.5. The maximum atomic E-state index is 12.9. The third-order valence-corrected chi connectivity index (χ3v) is 7.19. The van der Waals surface area contributed by atoms with Gasteiger partial charge in [-0.1, -0.05) is 55.3 Å². The number of piperidine rings is 1. The summed E-state index contributed by atoms with van der Waals surface area (Å²) in [5.41, 5.74) is 1.15. The molecule has 1 saturated heterocycles. The molecule has 1 heterocycles. The fourth-order valence-corrected chi connectivity index (χ4v) is 5.23. The van der Waals surface area contributed by atoms with Crippen LogP contribution in [-0.4, -0.2) is 49.6 Å². The smallest absolute Gasteiger partial charge is 0.227 e. The van der Waals surface area contributed by atoms with Crippen LogP contribution in [0.15, 0.2) is 42.5 Å². The summed E-state index contributed by atoms with van der Waals surface area (Å²) in [4.78, 5) is 15.0. The van der Waals surface area contributed by atoms with Crippen molar-refractivity contribution in [3.05, 3.63) is 48.0 Å². The van der Waals surface area contributed by atoms with Crippen molar-refractivity contribution >= 4 is 16.7 Å². The Morgan fingerprint density at radius 1 is 0.903 bits per heavy atom. The van der Waals surface area contributed by atoms with Crippen molar-refractivity contribution in [3.63, 3.8) is 0 Å². The zero-order valence-corrected chi connectivity index (χ0v) is 19.0. The van der Waals surface area contributed by atoms with Gasteiger partial charge in [0.1, 0.15) is 0 Å². The number of fused-ring (bicyclic) bond motifs is 1. The maximum absolute atomic E-state index is 12.9. The van der Waals surface area contributed by atoms with Crippen LogP contribution in [0.5, 0.6) is 0 Å². The van der Waals surface area contributed by atoms with Gasteiger partial charge in [-0.15, -0.1) is 0 Å². The Kier molecular flexibility index (Phi) is 8.37. The van der Waals surface area contributed by atoms with Gasteiger partial charge in [-0.3, -0.25) is 4.79 Å². The lowest BCUT2D eigenvalue weighted by Gasteiger charge is -2.32. The van der Waals surface area contributed by atoms with Crippen molar-refractivity contribution in [1.82, 2.24) is 15.5 Å². The first-order valence-corrected chi connectivity index (χ1v) is 12.5. The van der Waals surface area contributed by atoms with E-state index in [2.05, 4.69) is 58.0 Å². The van der Waals surface area contributed by atoms with Crippen LogP contribution in [0.3, 0.4) is 0 Å². The molecule has 2 fully saturated rings. The van der Waals surface area contributed by atoms with Gasteiger partial charge in [0, 0.05) is 19.1 Å². The lowest BCUT2D eigenvalue weighted by molar-refractivity contribution is -0.131. The highest BCUT2D eigenvalue weighted by atomic mass is 16.2. The third-order valence-electron chi connectivity index (χ3n) is 7.19. The molecule has 4 rings (SSSR count). The Hall–Kier alpha value is -1.91. The van der Waals surface area contributed by atoms with Gasteiger partial charge < -0.3 is 15.5 Å². The zero-order chi connectivity index (χ0) is 21.3. The molecule has 2 aromatic carbocycles. The third kappa shape index (κ3) is 6.54. The molecule has 2 aliphatic rings. The fourth-order valence-electron chi connectivity index (χ4n) is 5.23. The van der Waals surface area contributed by atoms with E-state index in [0.29, 0.717) is 12.3 Å². The number of carbonyl (C=O) groups excluding carboxylic acids is 1. The van der Waals surface area contributed by atoms with Crippen LogP contribution in [0.25, 0.3) is 10.8 Å². The standard InChI is InChI=1S/C27H39N3O/c31-27(20-24-10-7-9-23-8-1-4-13-26(23)24)30-18-14-22(15-19-30)21-28-16-5-6-17-29-25-11-2-3-12-25/h1,4,7-10,13,22,25,28-29H,2-3,5-6,11-12,14-21H2. The molecule has 0 bridgehead atoms. The van der Waals surface area contributed by atoms with E-state index in [1.807, 2.05) is 0 Å². The summed E-state index contributed by atoms with van der Waals surface area (Å²) in [5.74, 6) is 0.982. The number of amides is 1. The average molecular weight is 422 g/mol. The Morgan fingerprint density at radius 2 is 1.65 bits per heavy atom. The highest BCUT2D eigenvalue weighted by molar-refractivity contribution is 5.90. The van der Waals surface area contributed by atoms with Crippen LogP contribution in [-0.2, 0) is 11.2 Å². The van der Waals surface area contributed by atoms with E-state index < -0.39 is 0 Å². The molecule has 0 atom stereocenters. The summed E-state index contributed by atoms with van der Waals surface area (Å²) >= 11 is 0. The minimum Gasteiger partial charge on any atom is -0.342 e. The monoisotopic (exact) mass is 421 g/mol. The maximum Gasteiger partial charge on any atom is 0.227 e. The van der Waals surface area contributed by atoms with Crippen LogP contribution in [0.2, 0.25) is 0 Å². The van der Waals surface area contributed by atoms with E-state index >= 15 is 0 Å². The van der Waals surface area contributed by atoms with Gasteiger partial charge in [-0.2, -0.15) is 0 Å². The number of likely N-dealkylation sites (tertiary alicyclic amines) is 1. The van der Waals surface area contributed by atoms with E-state index in [-0.39, 0.29) is 5.91 Å². The predicted octanol–water partition coefficient (Wildman–Crippen LogP) is 4.52. The lowest BCUT2D eigenvalue weighted by atomic mass is 9.95. The first-order chi connectivity index (χ1) is 15.3. The molecule has 2 N–H and O–H groups in total. The Morgan fingerprint density at radius 3 is 2.48 bits per heavy atom. The van der Waals surface area contributed by atoms with Gasteiger partial charge in [0.25, 0.3) is 0 Å². The normalized spacial score (nSPS) is 18.1. The van der Waals surface area contributed by atoms with Crippen LogP contribution >= 0.6 is 0 Å². The number of benzene rings is 2. The molecule has 0 spiro atoms. The highest BCUT2D eigenvalue weighted by Crippen LogP contribution is 2.22. The van der Waals surface area contributed by atoms with E-state index in [1.54, 1.807) is 0 Å². The van der Waals surface area contributed by atoms with Gasteiger partial charge in [0.15, 0.2) is 0 Å². The highest BCUT2D eigenvalue weighted by Gasteiger charge is 2.23. The zero-order valence-electron chi connectivity index (χ0n) is 19.0. The number of carbonyl (C=O) groups is 1. The van der Waals surface area contributed by atoms with Crippen LogP contribution in [0, 0.1) is 5.92 Å². The molecule has 0 radical (unpaired) electrons. The van der Waals surface area contributed by atoms with Gasteiger partial charge in [-0.25, -0.2) is 0 Å². The molecule has 1 saturated carbocycles. The summed E-state index contributed by atoms with van der Waals surface area (Å²) < 4.78 is 0. The largest absolute Gasteiger partial charge is 0.342 e. The SMILES string of the molecule is O=C(Cc1cccc2ccccc12)N1CCC(CNCCCCNC2CCCC2)CC1. The van der Waals surface area contributed by atoms with Gasteiger partial charge in [-0.05, 0) is 80.4 Å². The molecule has 4 nitrogen and oxygen atoms in total. The number of nitrogens with one attached hydrogen (secondary N) is 2. The molecule has 31 heavy (non-hydrogen) atoms. The Labute approximate surface area is 187 Å². The van der Waals surface area contributed by atoms with Crippen molar-refractivity contribution in [1.29, 1.82) is 0 Å². The topological polar surface area (TPSA) is 44.4 Å². The first kappa shape index (κ1) is 22.3. The minimum atomic E-state index is 0.275. The molecule has 0 unspecified atom stereocenters.